The Morgan fingerprint density at radius 2 is 2.12 bits per heavy atom. The third kappa shape index (κ3) is 1.80. The van der Waals surface area contributed by atoms with Crippen molar-refractivity contribution in [3.63, 3.8) is 0 Å². The summed E-state index contributed by atoms with van der Waals surface area (Å²) in [6, 6.07) is 1.80. The van der Waals surface area contributed by atoms with Crippen LogP contribution in [0.5, 0.6) is 0 Å². The maximum absolute atomic E-state index is 13.0. The van der Waals surface area contributed by atoms with E-state index in [0.29, 0.717) is 5.15 Å². The molecule has 0 radical (unpaired) electrons. The molecule has 0 unspecified atom stereocenters. The van der Waals surface area contributed by atoms with Crippen LogP contribution in [0.25, 0.3) is 0 Å². The summed E-state index contributed by atoms with van der Waals surface area (Å²) in [4.78, 5) is 3.99. The number of alkyl halides is 2. The lowest BCUT2D eigenvalue weighted by molar-refractivity contribution is -0.123. The smallest absolute Gasteiger partial charge is 0.250 e. The number of hydrogen-bond acceptors (Lipinski definition) is 2. The van der Waals surface area contributed by atoms with Gasteiger partial charge in [-0.3, -0.25) is 0 Å². The summed E-state index contributed by atoms with van der Waals surface area (Å²) in [5, 5.41) is 0.405. The Bertz CT molecular complexity index is 412. The van der Waals surface area contributed by atoms with Crippen LogP contribution in [0.4, 0.5) is 8.78 Å². The molecule has 88 valence electrons. The molecule has 1 aromatic heterocycles. The van der Waals surface area contributed by atoms with Gasteiger partial charge in [0.15, 0.2) is 0 Å². The highest BCUT2D eigenvalue weighted by atomic mass is 35.5. The first-order valence-corrected chi connectivity index (χ1v) is 5.47. The zero-order chi connectivity index (χ0) is 12.0. The fraction of sp³-hybridized carbons (Fsp3) is 0.545. The Labute approximate surface area is 97.8 Å². The van der Waals surface area contributed by atoms with Gasteiger partial charge < -0.3 is 5.73 Å². The van der Waals surface area contributed by atoms with Gasteiger partial charge in [-0.25, -0.2) is 13.8 Å². The van der Waals surface area contributed by atoms with E-state index < -0.39 is 11.3 Å². The van der Waals surface area contributed by atoms with Crippen molar-refractivity contribution in [1.82, 2.24) is 4.98 Å². The number of nitrogens with zero attached hydrogens (tertiary/aromatic N) is 1. The molecule has 2 nitrogen and oxygen atoms in total. The molecule has 1 fully saturated rings. The molecule has 0 aromatic carbocycles. The van der Waals surface area contributed by atoms with Gasteiger partial charge in [0.1, 0.15) is 5.15 Å². The number of rotatable bonds is 2. The van der Waals surface area contributed by atoms with Crippen molar-refractivity contribution in [2.24, 2.45) is 5.73 Å². The largest absolute Gasteiger partial charge is 0.330 e. The summed E-state index contributed by atoms with van der Waals surface area (Å²) < 4.78 is 26.0. The molecule has 0 bridgehead atoms. The number of nitrogens with two attached hydrogens (primary N) is 1. The van der Waals surface area contributed by atoms with Crippen LogP contribution in [0.1, 0.15) is 24.0 Å². The second-order valence-electron chi connectivity index (χ2n) is 4.53. The first-order valence-electron chi connectivity index (χ1n) is 5.09. The van der Waals surface area contributed by atoms with E-state index in [1.165, 1.54) is 0 Å². The van der Waals surface area contributed by atoms with Gasteiger partial charge in [-0.05, 0) is 18.1 Å². The molecule has 16 heavy (non-hydrogen) atoms. The van der Waals surface area contributed by atoms with Crippen molar-refractivity contribution < 1.29 is 8.78 Å². The molecule has 1 aromatic rings. The minimum Gasteiger partial charge on any atom is -0.330 e. The van der Waals surface area contributed by atoms with E-state index in [1.54, 1.807) is 19.2 Å². The number of aromatic nitrogens is 1. The maximum atomic E-state index is 13.0. The van der Waals surface area contributed by atoms with Gasteiger partial charge >= 0.3 is 0 Å². The van der Waals surface area contributed by atoms with Crippen molar-refractivity contribution in [2.75, 3.05) is 6.54 Å². The Hall–Kier alpha value is -0.740. The number of pyridine rings is 1. The average Bonchev–Trinajstić information content (AvgIpc) is 2.18. The Balaban J connectivity index is 2.32. The SMILES string of the molecule is Cc1cc(C2(CN)CC(F)(F)C2)cnc1Cl. The molecule has 2 N–H and O–H groups in total. The molecule has 0 spiro atoms. The second kappa shape index (κ2) is 3.64. The minimum absolute atomic E-state index is 0.195. The highest BCUT2D eigenvalue weighted by molar-refractivity contribution is 6.30. The Kier molecular flexibility index (Phi) is 2.67. The zero-order valence-corrected chi connectivity index (χ0v) is 9.69. The molecule has 1 saturated carbocycles. The van der Waals surface area contributed by atoms with Crippen LogP contribution in [0.15, 0.2) is 12.3 Å². The molecule has 0 atom stereocenters. The molecule has 1 aliphatic rings. The molecule has 2 rings (SSSR count). The van der Waals surface area contributed by atoms with Crippen LogP contribution in [-0.2, 0) is 5.41 Å². The van der Waals surface area contributed by atoms with E-state index >= 15 is 0 Å². The van der Waals surface area contributed by atoms with Gasteiger partial charge in [-0.2, -0.15) is 0 Å². The summed E-state index contributed by atoms with van der Waals surface area (Å²) in [6.07, 6.45) is 1.16. The molecular weight excluding hydrogens is 234 g/mol. The maximum Gasteiger partial charge on any atom is 0.250 e. The minimum atomic E-state index is -2.59. The van der Waals surface area contributed by atoms with E-state index in [9.17, 15) is 8.78 Å². The van der Waals surface area contributed by atoms with E-state index in [1.807, 2.05) is 0 Å². The number of halogens is 3. The molecular formula is C11H13ClF2N2. The van der Waals surface area contributed by atoms with E-state index in [4.69, 9.17) is 17.3 Å². The lowest BCUT2D eigenvalue weighted by Gasteiger charge is -2.47. The van der Waals surface area contributed by atoms with E-state index in [-0.39, 0.29) is 19.4 Å². The van der Waals surface area contributed by atoms with Crippen LogP contribution in [0.3, 0.4) is 0 Å². The second-order valence-corrected chi connectivity index (χ2v) is 4.88. The third-order valence-electron chi connectivity index (χ3n) is 3.21. The van der Waals surface area contributed by atoms with Gasteiger partial charge in [0.05, 0.1) is 0 Å². The molecule has 1 heterocycles. The monoisotopic (exact) mass is 246 g/mol. The van der Waals surface area contributed by atoms with Crippen LogP contribution in [0.2, 0.25) is 5.15 Å². The van der Waals surface area contributed by atoms with Gasteiger partial charge in [0.25, 0.3) is 0 Å². The lowest BCUT2D eigenvalue weighted by Crippen LogP contribution is -2.53. The predicted octanol–water partition coefficient (Wildman–Crippen LogP) is 2.67. The third-order valence-corrected chi connectivity index (χ3v) is 3.61. The first kappa shape index (κ1) is 11.7. The summed E-state index contributed by atoms with van der Waals surface area (Å²) in [5.74, 6) is -2.59. The zero-order valence-electron chi connectivity index (χ0n) is 8.93. The van der Waals surface area contributed by atoms with Gasteiger partial charge in [-0.15, -0.1) is 0 Å². The molecule has 0 saturated heterocycles. The van der Waals surface area contributed by atoms with Crippen molar-refractivity contribution >= 4 is 11.6 Å². The van der Waals surface area contributed by atoms with Crippen LogP contribution in [0, 0.1) is 6.92 Å². The van der Waals surface area contributed by atoms with Crippen LogP contribution in [-0.4, -0.2) is 17.5 Å². The molecule has 1 aliphatic carbocycles. The van der Waals surface area contributed by atoms with Gasteiger partial charge in [0.2, 0.25) is 5.92 Å². The van der Waals surface area contributed by atoms with Crippen molar-refractivity contribution in [1.29, 1.82) is 0 Å². The quantitative estimate of drug-likeness (QED) is 0.815. The normalized spacial score (nSPS) is 21.6. The van der Waals surface area contributed by atoms with E-state index in [0.717, 1.165) is 11.1 Å². The fourth-order valence-electron chi connectivity index (χ4n) is 2.25. The van der Waals surface area contributed by atoms with Gasteiger partial charge in [-0.1, -0.05) is 17.7 Å². The van der Waals surface area contributed by atoms with Crippen molar-refractivity contribution in [3.05, 3.63) is 28.5 Å². The summed E-state index contributed by atoms with van der Waals surface area (Å²) in [7, 11) is 0. The summed E-state index contributed by atoms with van der Waals surface area (Å²) in [6.45, 7) is 2.02. The first-order chi connectivity index (χ1) is 7.38. The topological polar surface area (TPSA) is 38.9 Å². The van der Waals surface area contributed by atoms with Crippen molar-refractivity contribution in [2.45, 2.75) is 31.1 Å². The Morgan fingerprint density at radius 3 is 2.56 bits per heavy atom. The van der Waals surface area contributed by atoms with Crippen LogP contribution >= 0.6 is 11.6 Å². The fourth-order valence-corrected chi connectivity index (χ4v) is 2.36. The highest BCUT2D eigenvalue weighted by Gasteiger charge is 2.56. The number of aryl methyl sites for hydroxylation is 1. The van der Waals surface area contributed by atoms with Crippen LogP contribution < -0.4 is 5.73 Å². The number of hydrogen-bond donors (Lipinski definition) is 1. The summed E-state index contributed by atoms with van der Waals surface area (Å²) >= 11 is 5.80. The Morgan fingerprint density at radius 1 is 1.50 bits per heavy atom. The molecule has 0 amide bonds. The average molecular weight is 247 g/mol. The van der Waals surface area contributed by atoms with Gasteiger partial charge in [0, 0.05) is 31.0 Å². The lowest BCUT2D eigenvalue weighted by atomic mass is 9.62. The predicted molar refractivity (Wildman–Crippen MR) is 58.9 cm³/mol. The molecule has 0 aliphatic heterocycles. The summed E-state index contributed by atoms with van der Waals surface area (Å²) in [5.41, 5.74) is 6.56. The van der Waals surface area contributed by atoms with Crippen molar-refractivity contribution in [3.8, 4) is 0 Å². The highest BCUT2D eigenvalue weighted by Crippen LogP contribution is 2.52. The van der Waals surface area contributed by atoms with E-state index in [2.05, 4.69) is 4.98 Å². The standard InChI is InChI=1S/C11H13ClF2N2/c1-7-2-8(3-16-9(7)12)10(6-15)4-11(13,14)5-10/h2-3H,4-6,15H2,1H3. The molecule has 5 heteroatoms.